The van der Waals surface area contributed by atoms with Crippen LogP contribution in [0.4, 0.5) is 0 Å². The van der Waals surface area contributed by atoms with Gasteiger partial charge in [-0.15, -0.1) is 0 Å². The maximum absolute atomic E-state index is 10.8. The molecule has 0 spiro atoms. The van der Waals surface area contributed by atoms with Crippen molar-refractivity contribution < 1.29 is 23.7 Å². The predicted molar refractivity (Wildman–Crippen MR) is 96.7 cm³/mol. The molecule has 0 heterocycles. The van der Waals surface area contributed by atoms with Gasteiger partial charge in [0.2, 0.25) is 0 Å². The summed E-state index contributed by atoms with van der Waals surface area (Å²) in [4.78, 5) is 10.8. The summed E-state index contributed by atoms with van der Waals surface area (Å²) in [5.41, 5.74) is 6.93. The molecule has 6 heteroatoms. The zero-order chi connectivity index (χ0) is 18.3. The monoisotopic (exact) mass is 353 g/mol. The van der Waals surface area contributed by atoms with Crippen molar-refractivity contribution in [2.24, 2.45) is 5.73 Å². The maximum Gasteiger partial charge on any atom is 0.331 e. The predicted octanol–water partition coefficient (Wildman–Crippen LogP) is 2.85. The first kappa shape index (κ1) is 21.4. The quantitative estimate of drug-likeness (QED) is 0.409. The van der Waals surface area contributed by atoms with Crippen molar-refractivity contribution >= 4 is 5.97 Å². The van der Waals surface area contributed by atoms with Crippen LogP contribution in [0.2, 0.25) is 0 Å². The second-order valence-corrected chi connectivity index (χ2v) is 5.86. The number of carbonyl (C=O) groups excluding carboxylic acids is 1. The highest BCUT2D eigenvalue weighted by Gasteiger charge is 2.00. The fourth-order valence-corrected chi connectivity index (χ4v) is 2.12. The van der Waals surface area contributed by atoms with Gasteiger partial charge in [0.15, 0.2) is 0 Å². The molecule has 0 radical (unpaired) electrons. The van der Waals surface area contributed by atoms with Crippen LogP contribution < -0.4 is 10.5 Å². The molecule has 142 valence electrons. The van der Waals surface area contributed by atoms with E-state index >= 15 is 0 Å². The molecule has 0 amide bonds. The van der Waals surface area contributed by atoms with E-state index in [9.17, 15) is 4.79 Å². The summed E-state index contributed by atoms with van der Waals surface area (Å²) in [6.45, 7) is 4.56. The number of methoxy groups -OCH3 is 1. The molecule has 0 unspecified atom stereocenters. The molecule has 0 aliphatic heterocycles. The van der Waals surface area contributed by atoms with E-state index in [-0.39, 0.29) is 18.6 Å². The topological polar surface area (TPSA) is 80.0 Å². The lowest BCUT2D eigenvalue weighted by Gasteiger charge is -2.09. The third-order valence-electron chi connectivity index (χ3n) is 3.63. The summed E-state index contributed by atoms with van der Waals surface area (Å²) >= 11 is 0. The minimum Gasteiger partial charge on any atom is -0.494 e. The van der Waals surface area contributed by atoms with Gasteiger partial charge in [0, 0.05) is 25.9 Å². The maximum atomic E-state index is 10.8. The molecule has 0 saturated carbocycles. The van der Waals surface area contributed by atoms with Gasteiger partial charge in [-0.1, -0.05) is 12.1 Å². The van der Waals surface area contributed by atoms with Crippen LogP contribution in [0, 0.1) is 0 Å². The molecular weight excluding hydrogens is 322 g/mol. The minimum atomic E-state index is -0.354. The summed E-state index contributed by atoms with van der Waals surface area (Å²) in [6.07, 6.45) is 3.85. The van der Waals surface area contributed by atoms with Crippen LogP contribution in [0.3, 0.4) is 0 Å². The Hall–Kier alpha value is -1.63. The Morgan fingerprint density at radius 1 is 0.960 bits per heavy atom. The molecule has 6 nitrogen and oxygen atoms in total. The van der Waals surface area contributed by atoms with E-state index in [4.69, 9.17) is 19.9 Å². The average Bonchev–Trinajstić information content (AvgIpc) is 2.62. The Kier molecular flexibility index (Phi) is 11.7. The van der Waals surface area contributed by atoms with Gasteiger partial charge in [-0.2, -0.15) is 0 Å². The van der Waals surface area contributed by atoms with E-state index in [1.165, 1.54) is 7.11 Å². The number of rotatable bonds is 14. The van der Waals surface area contributed by atoms with Crippen LogP contribution in [0.25, 0.3) is 0 Å². The molecule has 0 aliphatic carbocycles. The standard InChI is InChI=1S/C19H31NO5/c1-16(20)17-7-9-18(10-8-17)25-14-5-3-4-11-23-12-6-13-24-15-19(21)22-2/h7-10,16H,3-6,11-15,20H2,1-2H3/t16-/m0/s1. The zero-order valence-electron chi connectivity index (χ0n) is 15.4. The highest BCUT2D eigenvalue weighted by Crippen LogP contribution is 2.16. The first-order valence-corrected chi connectivity index (χ1v) is 8.84. The van der Waals surface area contributed by atoms with E-state index in [2.05, 4.69) is 4.74 Å². The van der Waals surface area contributed by atoms with E-state index in [1.54, 1.807) is 0 Å². The largest absolute Gasteiger partial charge is 0.494 e. The lowest BCUT2D eigenvalue weighted by Crippen LogP contribution is -2.11. The third-order valence-corrected chi connectivity index (χ3v) is 3.63. The molecule has 0 fully saturated rings. The van der Waals surface area contributed by atoms with Crippen LogP contribution in [0.5, 0.6) is 5.75 Å². The van der Waals surface area contributed by atoms with E-state index in [0.717, 1.165) is 43.6 Å². The number of carbonyl (C=O) groups is 1. The number of ether oxygens (including phenoxy) is 4. The average molecular weight is 353 g/mol. The first-order chi connectivity index (χ1) is 12.1. The summed E-state index contributed by atoms with van der Waals surface area (Å²) in [5.74, 6) is 0.528. The SMILES string of the molecule is COC(=O)COCCCOCCCCCOc1ccc([C@H](C)N)cc1. The minimum absolute atomic E-state index is 0.00444. The van der Waals surface area contributed by atoms with Crippen molar-refractivity contribution in [1.29, 1.82) is 0 Å². The highest BCUT2D eigenvalue weighted by molar-refractivity contribution is 5.70. The zero-order valence-corrected chi connectivity index (χ0v) is 15.4. The van der Waals surface area contributed by atoms with E-state index in [0.29, 0.717) is 19.8 Å². The van der Waals surface area contributed by atoms with E-state index in [1.807, 2.05) is 31.2 Å². The molecule has 0 aliphatic rings. The van der Waals surface area contributed by atoms with Gasteiger partial charge in [-0.25, -0.2) is 4.79 Å². The number of hydrogen-bond donors (Lipinski definition) is 1. The number of esters is 1. The first-order valence-electron chi connectivity index (χ1n) is 8.84. The molecule has 0 aromatic heterocycles. The van der Waals surface area contributed by atoms with Crippen molar-refractivity contribution in [2.75, 3.05) is 40.1 Å². The van der Waals surface area contributed by atoms with Crippen LogP contribution in [0.1, 0.15) is 44.2 Å². The molecule has 1 rings (SSSR count). The van der Waals surface area contributed by atoms with Crippen molar-refractivity contribution in [3.05, 3.63) is 29.8 Å². The lowest BCUT2D eigenvalue weighted by molar-refractivity contribution is -0.146. The van der Waals surface area contributed by atoms with Crippen molar-refractivity contribution in [3.63, 3.8) is 0 Å². The molecule has 25 heavy (non-hydrogen) atoms. The van der Waals surface area contributed by atoms with Gasteiger partial charge in [-0.05, 0) is 50.3 Å². The Balaban J connectivity index is 1.88. The Morgan fingerprint density at radius 2 is 1.60 bits per heavy atom. The molecular formula is C19H31NO5. The summed E-state index contributed by atoms with van der Waals surface area (Å²) in [7, 11) is 1.34. The highest BCUT2D eigenvalue weighted by atomic mass is 16.6. The Morgan fingerprint density at radius 3 is 2.28 bits per heavy atom. The van der Waals surface area contributed by atoms with Crippen molar-refractivity contribution in [2.45, 2.75) is 38.6 Å². The van der Waals surface area contributed by atoms with Crippen LogP contribution in [-0.2, 0) is 19.0 Å². The summed E-state index contributed by atoms with van der Waals surface area (Å²) < 4.78 is 20.8. The second-order valence-electron chi connectivity index (χ2n) is 5.86. The summed E-state index contributed by atoms with van der Waals surface area (Å²) in [5, 5.41) is 0. The second kappa shape index (κ2) is 13.6. The van der Waals surface area contributed by atoms with Gasteiger partial charge in [0.25, 0.3) is 0 Å². The summed E-state index contributed by atoms with van der Waals surface area (Å²) in [6, 6.07) is 7.98. The molecule has 0 saturated heterocycles. The number of unbranched alkanes of at least 4 members (excludes halogenated alkanes) is 2. The van der Waals surface area contributed by atoms with E-state index < -0.39 is 0 Å². The van der Waals surface area contributed by atoms with Gasteiger partial charge in [0.1, 0.15) is 12.4 Å². The lowest BCUT2D eigenvalue weighted by atomic mass is 10.1. The molecule has 1 atom stereocenters. The normalized spacial score (nSPS) is 12.0. The molecule has 0 bridgehead atoms. The number of hydrogen-bond acceptors (Lipinski definition) is 6. The van der Waals surface area contributed by atoms with Gasteiger partial charge in [0.05, 0.1) is 13.7 Å². The fraction of sp³-hybridized carbons (Fsp3) is 0.632. The molecule has 1 aromatic rings. The van der Waals surface area contributed by atoms with Crippen molar-refractivity contribution in [3.8, 4) is 5.75 Å². The van der Waals surface area contributed by atoms with Gasteiger partial charge in [-0.3, -0.25) is 0 Å². The molecule has 1 aromatic carbocycles. The van der Waals surface area contributed by atoms with Gasteiger partial charge < -0.3 is 24.7 Å². The Labute approximate surface area is 150 Å². The van der Waals surface area contributed by atoms with Gasteiger partial charge >= 0.3 is 5.97 Å². The van der Waals surface area contributed by atoms with Crippen molar-refractivity contribution in [1.82, 2.24) is 0 Å². The Bertz CT molecular complexity index is 461. The third kappa shape index (κ3) is 10.8. The van der Waals surface area contributed by atoms with Crippen LogP contribution in [0.15, 0.2) is 24.3 Å². The fourth-order valence-electron chi connectivity index (χ4n) is 2.12. The molecule has 2 N–H and O–H groups in total. The van der Waals surface area contributed by atoms with Crippen LogP contribution >= 0.6 is 0 Å². The van der Waals surface area contributed by atoms with Crippen LogP contribution in [-0.4, -0.2) is 46.1 Å². The number of benzene rings is 1. The smallest absolute Gasteiger partial charge is 0.331 e. The number of nitrogens with two attached hydrogens (primary N) is 1.